The fraction of sp³-hybridized carbons (Fsp3) is 1.00. The third-order valence-electron chi connectivity index (χ3n) is 3.29. The Hall–Kier alpha value is -0.255. The molecule has 14 heavy (non-hydrogen) atoms. The van der Waals surface area contributed by atoms with Gasteiger partial charge in [0.25, 0.3) is 0 Å². The van der Waals surface area contributed by atoms with E-state index in [0.717, 1.165) is 0 Å². The van der Waals surface area contributed by atoms with Crippen LogP contribution in [0.15, 0.2) is 0 Å². The standard InChI is InChI=1S/C8H16N.BF4/c1-8(2)7-9(8)5-3-4-6-9;2-1(3,4)5/h3-7H2,1-2H3;/q+1;-1. The molecule has 2 rings (SSSR count). The molecule has 0 aromatic heterocycles. The van der Waals surface area contributed by atoms with E-state index in [1.807, 2.05) is 0 Å². The average molecular weight is 213 g/mol. The van der Waals surface area contributed by atoms with Crippen LogP contribution in [0.5, 0.6) is 0 Å². The minimum atomic E-state index is -6.00. The summed E-state index contributed by atoms with van der Waals surface area (Å²) in [6.45, 7) is 9.18. The summed E-state index contributed by atoms with van der Waals surface area (Å²) < 4.78 is 40.5. The van der Waals surface area contributed by atoms with Crippen molar-refractivity contribution >= 4 is 7.25 Å². The van der Waals surface area contributed by atoms with Crippen LogP contribution in [-0.2, 0) is 0 Å². The third-order valence-corrected chi connectivity index (χ3v) is 3.29. The molecule has 0 atom stereocenters. The van der Waals surface area contributed by atoms with Crippen molar-refractivity contribution in [2.24, 2.45) is 0 Å². The van der Waals surface area contributed by atoms with Crippen molar-refractivity contribution < 1.29 is 21.7 Å². The van der Waals surface area contributed by atoms with Crippen molar-refractivity contribution in [1.29, 1.82) is 0 Å². The molecular formula is C8H16BF4N. The van der Waals surface area contributed by atoms with Crippen LogP contribution in [0.2, 0.25) is 0 Å². The van der Waals surface area contributed by atoms with Crippen molar-refractivity contribution in [3.63, 3.8) is 0 Å². The summed E-state index contributed by atoms with van der Waals surface area (Å²) in [4.78, 5) is 0. The largest absolute Gasteiger partial charge is 0.673 e. The Morgan fingerprint density at radius 3 is 1.43 bits per heavy atom. The molecule has 0 saturated carbocycles. The van der Waals surface area contributed by atoms with Crippen LogP contribution in [0.4, 0.5) is 17.3 Å². The minimum absolute atomic E-state index is 0.663. The fourth-order valence-corrected chi connectivity index (χ4v) is 2.41. The maximum absolute atomic E-state index is 9.75. The van der Waals surface area contributed by atoms with Gasteiger partial charge in [0.05, 0.1) is 13.1 Å². The molecule has 2 fully saturated rings. The van der Waals surface area contributed by atoms with Crippen LogP contribution in [0.3, 0.4) is 0 Å². The zero-order chi connectivity index (χ0) is 11.0. The SMILES string of the molecule is CC1(C)C[N+]12CCCC2.F[B-](F)(F)F. The molecule has 1 nitrogen and oxygen atoms in total. The highest BCUT2D eigenvalue weighted by Crippen LogP contribution is 2.45. The fourth-order valence-electron chi connectivity index (χ4n) is 2.41. The van der Waals surface area contributed by atoms with Crippen LogP contribution >= 0.6 is 0 Å². The molecule has 0 aliphatic carbocycles. The molecule has 2 heterocycles. The molecule has 0 bridgehead atoms. The van der Waals surface area contributed by atoms with Crippen molar-refractivity contribution in [2.45, 2.75) is 32.2 Å². The van der Waals surface area contributed by atoms with Gasteiger partial charge in [0.2, 0.25) is 0 Å². The molecule has 0 amide bonds. The molecule has 0 N–H and O–H groups in total. The van der Waals surface area contributed by atoms with E-state index in [-0.39, 0.29) is 0 Å². The van der Waals surface area contributed by atoms with E-state index in [1.54, 1.807) is 0 Å². The lowest BCUT2D eigenvalue weighted by molar-refractivity contribution is -0.813. The van der Waals surface area contributed by atoms with Gasteiger partial charge in [-0.15, -0.1) is 0 Å². The zero-order valence-electron chi connectivity index (χ0n) is 8.57. The van der Waals surface area contributed by atoms with E-state index in [4.69, 9.17) is 0 Å². The molecule has 0 unspecified atom stereocenters. The molecule has 2 aliphatic heterocycles. The molecule has 6 heteroatoms. The predicted molar refractivity (Wildman–Crippen MR) is 48.4 cm³/mol. The monoisotopic (exact) mass is 213 g/mol. The van der Waals surface area contributed by atoms with Gasteiger partial charge in [0, 0.05) is 12.8 Å². The Morgan fingerprint density at radius 2 is 1.29 bits per heavy atom. The van der Waals surface area contributed by atoms with E-state index in [0.29, 0.717) is 5.54 Å². The van der Waals surface area contributed by atoms with E-state index in [2.05, 4.69) is 13.8 Å². The zero-order valence-corrected chi connectivity index (χ0v) is 8.57. The molecular weight excluding hydrogens is 197 g/mol. The second-order valence-electron chi connectivity index (χ2n) is 4.76. The molecule has 2 saturated heterocycles. The summed E-state index contributed by atoms with van der Waals surface area (Å²) in [5.41, 5.74) is 0.663. The van der Waals surface area contributed by atoms with Crippen LogP contribution in [-0.4, -0.2) is 36.9 Å². The summed E-state index contributed by atoms with van der Waals surface area (Å²) in [5.74, 6) is 0. The second kappa shape index (κ2) is 3.40. The van der Waals surface area contributed by atoms with Gasteiger partial charge < -0.3 is 21.7 Å². The Bertz CT molecular complexity index is 196. The van der Waals surface area contributed by atoms with Crippen molar-refractivity contribution in [3.8, 4) is 0 Å². The Labute approximate surface area is 81.8 Å². The highest BCUT2D eigenvalue weighted by Gasteiger charge is 2.63. The molecule has 0 radical (unpaired) electrons. The average Bonchev–Trinajstić information content (AvgIpc) is 2.38. The van der Waals surface area contributed by atoms with E-state index >= 15 is 0 Å². The second-order valence-corrected chi connectivity index (χ2v) is 4.76. The number of hydrogen-bond acceptors (Lipinski definition) is 0. The third kappa shape index (κ3) is 2.87. The Morgan fingerprint density at radius 1 is 1.00 bits per heavy atom. The summed E-state index contributed by atoms with van der Waals surface area (Å²) in [5, 5.41) is 0. The first-order valence-electron chi connectivity index (χ1n) is 4.90. The Balaban J connectivity index is 0.000000171. The smallest absolute Gasteiger partial charge is 0.418 e. The number of rotatable bonds is 0. The van der Waals surface area contributed by atoms with E-state index in [1.165, 1.54) is 37.0 Å². The molecule has 84 valence electrons. The van der Waals surface area contributed by atoms with Gasteiger partial charge >= 0.3 is 7.25 Å². The first-order valence-corrected chi connectivity index (χ1v) is 4.90. The van der Waals surface area contributed by atoms with Crippen molar-refractivity contribution in [2.75, 3.05) is 19.6 Å². The topological polar surface area (TPSA) is 0 Å². The van der Waals surface area contributed by atoms with Crippen molar-refractivity contribution in [1.82, 2.24) is 0 Å². The number of halogens is 4. The van der Waals surface area contributed by atoms with Gasteiger partial charge in [-0.1, -0.05) is 0 Å². The van der Waals surface area contributed by atoms with Crippen LogP contribution in [0.25, 0.3) is 0 Å². The van der Waals surface area contributed by atoms with Crippen LogP contribution in [0, 0.1) is 0 Å². The van der Waals surface area contributed by atoms with Crippen LogP contribution < -0.4 is 0 Å². The normalized spacial score (nSPS) is 27.0. The molecule has 2 aliphatic rings. The lowest BCUT2D eigenvalue weighted by Gasteiger charge is -2.14. The summed E-state index contributed by atoms with van der Waals surface area (Å²) in [6.07, 6.45) is 2.95. The van der Waals surface area contributed by atoms with Crippen molar-refractivity contribution in [3.05, 3.63) is 0 Å². The number of quaternary nitrogens is 1. The van der Waals surface area contributed by atoms with Gasteiger partial charge in [0.15, 0.2) is 0 Å². The first kappa shape index (κ1) is 11.8. The lowest BCUT2D eigenvalue weighted by Crippen LogP contribution is -2.28. The summed E-state index contributed by atoms with van der Waals surface area (Å²) >= 11 is 0. The highest BCUT2D eigenvalue weighted by atomic mass is 19.5. The summed E-state index contributed by atoms with van der Waals surface area (Å²) in [7, 11) is -6.00. The number of hydrogen-bond donors (Lipinski definition) is 0. The predicted octanol–water partition coefficient (Wildman–Crippen LogP) is 2.69. The molecule has 0 aromatic carbocycles. The highest BCUT2D eigenvalue weighted by molar-refractivity contribution is 6.50. The van der Waals surface area contributed by atoms with Gasteiger partial charge in [-0.25, -0.2) is 0 Å². The van der Waals surface area contributed by atoms with E-state index in [9.17, 15) is 17.3 Å². The van der Waals surface area contributed by atoms with Gasteiger partial charge in [-0.05, 0) is 13.8 Å². The lowest BCUT2D eigenvalue weighted by atomic mass is 10.2. The minimum Gasteiger partial charge on any atom is -0.418 e. The first-order chi connectivity index (χ1) is 6.16. The maximum Gasteiger partial charge on any atom is 0.673 e. The maximum atomic E-state index is 9.75. The summed E-state index contributed by atoms with van der Waals surface area (Å²) in [6, 6.07) is 0. The van der Waals surface area contributed by atoms with Gasteiger partial charge in [-0.3, -0.25) is 0 Å². The van der Waals surface area contributed by atoms with Gasteiger partial charge in [0.1, 0.15) is 12.1 Å². The molecule has 0 aromatic rings. The quantitative estimate of drug-likeness (QED) is 0.251. The van der Waals surface area contributed by atoms with E-state index < -0.39 is 7.25 Å². The number of nitrogens with zero attached hydrogens (tertiary/aromatic N) is 1. The Kier molecular flexibility index (Phi) is 2.87. The molecule has 1 spiro atoms. The van der Waals surface area contributed by atoms with Gasteiger partial charge in [-0.2, -0.15) is 0 Å². The van der Waals surface area contributed by atoms with Crippen LogP contribution in [0.1, 0.15) is 26.7 Å².